The van der Waals surface area contributed by atoms with Gasteiger partial charge in [0, 0.05) is 29.7 Å². The predicted molar refractivity (Wildman–Crippen MR) is 127 cm³/mol. The van der Waals surface area contributed by atoms with Crippen molar-refractivity contribution in [3.63, 3.8) is 0 Å². The van der Waals surface area contributed by atoms with Gasteiger partial charge >= 0.3 is 5.97 Å². The van der Waals surface area contributed by atoms with Crippen LogP contribution in [0.5, 0.6) is 11.5 Å². The Hall–Kier alpha value is -1.83. The molecule has 0 saturated heterocycles. The predicted octanol–water partition coefficient (Wildman–Crippen LogP) is 4.68. The second-order valence-electron chi connectivity index (χ2n) is 11.5. The van der Waals surface area contributed by atoms with Crippen molar-refractivity contribution in [3.8, 4) is 11.5 Å². The monoisotopic (exact) mass is 476 g/mol. The van der Waals surface area contributed by atoms with Crippen LogP contribution in [0, 0.1) is 29.6 Å². The molecular weight excluding hydrogens is 436 g/mol. The first-order chi connectivity index (χ1) is 15.9. The van der Waals surface area contributed by atoms with Gasteiger partial charge in [-0.3, -0.25) is 0 Å². The molecule has 0 bridgehead atoms. The number of benzene rings is 1. The number of esters is 1. The van der Waals surface area contributed by atoms with Crippen molar-refractivity contribution in [2.75, 3.05) is 20.8 Å². The van der Waals surface area contributed by atoms with Gasteiger partial charge in [-0.25, -0.2) is 4.79 Å². The molecular formula is C27H40O7. The second-order valence-corrected chi connectivity index (χ2v) is 11.5. The average molecular weight is 477 g/mol. The summed E-state index contributed by atoms with van der Waals surface area (Å²) in [5.74, 6) is 0.706. The molecule has 7 heteroatoms. The highest BCUT2D eigenvalue weighted by molar-refractivity contribution is 5.98. The lowest BCUT2D eigenvalue weighted by molar-refractivity contribution is -0.176. The van der Waals surface area contributed by atoms with Gasteiger partial charge in [0.25, 0.3) is 0 Å². The lowest BCUT2D eigenvalue weighted by atomic mass is 9.46. The third kappa shape index (κ3) is 3.71. The Bertz CT molecular complexity index is 966. The van der Waals surface area contributed by atoms with Crippen LogP contribution in [0.15, 0.2) is 0 Å². The maximum atomic E-state index is 12.6. The molecule has 1 aromatic carbocycles. The van der Waals surface area contributed by atoms with E-state index in [1.807, 2.05) is 13.8 Å². The van der Waals surface area contributed by atoms with Gasteiger partial charge in [-0.15, -0.1) is 0 Å². The molecule has 2 fully saturated rings. The van der Waals surface area contributed by atoms with Crippen LogP contribution < -0.4 is 9.47 Å². The number of hydrogen-bond donors (Lipinski definition) is 2. The molecule has 0 amide bonds. The smallest absolute Gasteiger partial charge is 0.345 e. The van der Waals surface area contributed by atoms with E-state index in [0.29, 0.717) is 40.7 Å². The Balaban J connectivity index is 1.75. The van der Waals surface area contributed by atoms with Crippen LogP contribution in [-0.4, -0.2) is 42.6 Å². The van der Waals surface area contributed by atoms with Crippen LogP contribution in [0.3, 0.4) is 0 Å². The largest absolute Gasteiger partial charge is 0.495 e. The zero-order valence-corrected chi connectivity index (χ0v) is 21.6. The molecule has 34 heavy (non-hydrogen) atoms. The number of methoxy groups -OCH3 is 2. The number of ether oxygens (including phenoxy) is 4. The molecule has 5 atom stereocenters. The molecule has 4 rings (SSSR count). The summed E-state index contributed by atoms with van der Waals surface area (Å²) in [6.07, 6.45) is 4.20. The first-order valence-corrected chi connectivity index (χ1v) is 12.4. The molecule has 0 radical (unpaired) electrons. The van der Waals surface area contributed by atoms with Crippen molar-refractivity contribution < 1.29 is 34.0 Å². The molecule has 7 nitrogen and oxygen atoms in total. The van der Waals surface area contributed by atoms with E-state index in [2.05, 4.69) is 20.8 Å². The molecule has 2 saturated carbocycles. The van der Waals surface area contributed by atoms with Gasteiger partial charge in [0.05, 0.1) is 25.9 Å². The first kappa shape index (κ1) is 25.3. The van der Waals surface area contributed by atoms with Gasteiger partial charge in [-0.05, 0) is 56.3 Å². The normalized spacial score (nSPS) is 34.3. The average Bonchev–Trinajstić information content (AvgIpc) is 3.08. The number of aliphatic hydroxyl groups is 2. The van der Waals surface area contributed by atoms with E-state index < -0.39 is 17.9 Å². The third-order valence-electron chi connectivity index (χ3n) is 9.16. The third-order valence-corrected chi connectivity index (χ3v) is 9.16. The number of rotatable bonds is 6. The highest BCUT2D eigenvalue weighted by Gasteiger charge is 2.58. The minimum Gasteiger partial charge on any atom is -0.495 e. The quantitative estimate of drug-likeness (QED) is 0.576. The molecule has 190 valence electrons. The summed E-state index contributed by atoms with van der Waals surface area (Å²) in [4.78, 5) is 12.6. The Labute approximate surface area is 202 Å². The van der Waals surface area contributed by atoms with Crippen molar-refractivity contribution in [3.05, 3.63) is 22.3 Å². The molecule has 1 aromatic rings. The summed E-state index contributed by atoms with van der Waals surface area (Å²) in [7, 11) is 2.95. The van der Waals surface area contributed by atoms with Crippen LogP contribution in [0.2, 0.25) is 0 Å². The van der Waals surface area contributed by atoms with E-state index >= 15 is 0 Å². The van der Waals surface area contributed by atoms with E-state index in [1.54, 1.807) is 0 Å². The summed E-state index contributed by atoms with van der Waals surface area (Å²) in [6, 6.07) is 0. The fourth-order valence-electron chi connectivity index (χ4n) is 7.53. The topological polar surface area (TPSA) is 94.5 Å². The minimum absolute atomic E-state index is 0.0638. The van der Waals surface area contributed by atoms with Crippen LogP contribution >= 0.6 is 0 Å². The number of carbonyl (C=O) groups is 1. The molecule has 1 aliphatic heterocycles. The molecule has 3 aliphatic rings. The van der Waals surface area contributed by atoms with Crippen molar-refractivity contribution >= 4 is 5.97 Å². The van der Waals surface area contributed by atoms with Crippen molar-refractivity contribution in [1.29, 1.82) is 0 Å². The first-order valence-electron chi connectivity index (χ1n) is 12.4. The second kappa shape index (κ2) is 8.68. The number of fused-ring (bicyclic) bond motifs is 2. The van der Waals surface area contributed by atoms with Crippen LogP contribution in [0.4, 0.5) is 0 Å². The van der Waals surface area contributed by atoms with Gasteiger partial charge in [0.15, 0.2) is 0 Å². The molecule has 2 aliphatic carbocycles. The summed E-state index contributed by atoms with van der Waals surface area (Å²) in [6.45, 7) is 10.7. The Kier molecular flexibility index (Phi) is 6.45. The zero-order chi connectivity index (χ0) is 25.1. The lowest BCUT2D eigenvalue weighted by Crippen LogP contribution is -2.59. The Morgan fingerprint density at radius 1 is 1.09 bits per heavy atom. The van der Waals surface area contributed by atoms with Crippen LogP contribution in [0.25, 0.3) is 0 Å². The molecule has 2 N–H and O–H groups in total. The van der Waals surface area contributed by atoms with Gasteiger partial charge < -0.3 is 29.2 Å². The highest BCUT2D eigenvalue weighted by Crippen LogP contribution is 2.62. The fraction of sp³-hybridized carbons (Fsp3) is 0.741. The number of aliphatic hydroxyl groups excluding tert-OH is 1. The van der Waals surface area contributed by atoms with E-state index in [-0.39, 0.29) is 28.9 Å². The van der Waals surface area contributed by atoms with Gasteiger partial charge in [0.1, 0.15) is 17.1 Å². The fourth-order valence-corrected chi connectivity index (χ4v) is 7.53. The lowest BCUT2D eigenvalue weighted by Gasteiger charge is -2.61. The van der Waals surface area contributed by atoms with Gasteiger partial charge in [-0.2, -0.15) is 0 Å². The van der Waals surface area contributed by atoms with Crippen LogP contribution in [-0.2, 0) is 16.1 Å². The van der Waals surface area contributed by atoms with Crippen molar-refractivity contribution in [1.82, 2.24) is 0 Å². The zero-order valence-electron chi connectivity index (χ0n) is 21.6. The standard InChI is InChI=1S/C27H40O7/c1-15-21(16(13-28)19-20(22(15)31-6)23(29)34-24(19)32-7)33-14-18-26(4)11-8-10-25(2,3)17(26)9-12-27(18,5)30/h17-18,24,28,30H,8-14H2,1-7H3. The number of hydrogen-bond acceptors (Lipinski definition) is 7. The summed E-state index contributed by atoms with van der Waals surface area (Å²) < 4.78 is 22.8. The number of cyclic esters (lactones) is 1. The summed E-state index contributed by atoms with van der Waals surface area (Å²) >= 11 is 0. The summed E-state index contributed by atoms with van der Waals surface area (Å²) in [5, 5.41) is 21.8. The maximum Gasteiger partial charge on any atom is 0.345 e. The summed E-state index contributed by atoms with van der Waals surface area (Å²) in [5.41, 5.74) is 1.10. The highest BCUT2D eigenvalue weighted by atomic mass is 16.7. The molecule has 0 spiro atoms. The molecule has 0 aromatic heterocycles. The molecule has 1 heterocycles. The van der Waals surface area contributed by atoms with E-state index in [0.717, 1.165) is 25.7 Å². The van der Waals surface area contributed by atoms with E-state index in [9.17, 15) is 15.0 Å². The van der Waals surface area contributed by atoms with E-state index in [1.165, 1.54) is 20.6 Å². The maximum absolute atomic E-state index is 12.6. The SMILES string of the molecule is COc1c(C)c(OCC2C(C)(O)CCC3C(C)(C)CCCC32C)c(CO)c2c1C(=O)OC2OC. The minimum atomic E-state index is -0.930. The molecule has 5 unspecified atom stereocenters. The Morgan fingerprint density at radius 2 is 1.79 bits per heavy atom. The van der Waals surface area contributed by atoms with Gasteiger partial charge in [0.2, 0.25) is 6.29 Å². The van der Waals surface area contributed by atoms with Crippen molar-refractivity contribution in [2.45, 2.75) is 85.2 Å². The van der Waals surface area contributed by atoms with E-state index in [4.69, 9.17) is 18.9 Å². The van der Waals surface area contributed by atoms with Crippen LogP contribution in [0.1, 0.15) is 93.1 Å². The number of carbonyl (C=O) groups excluding carboxylic acids is 1. The van der Waals surface area contributed by atoms with Crippen molar-refractivity contribution in [2.24, 2.45) is 22.7 Å². The van der Waals surface area contributed by atoms with Gasteiger partial charge in [-0.1, -0.05) is 27.2 Å². The Morgan fingerprint density at radius 3 is 2.41 bits per heavy atom.